The van der Waals surface area contributed by atoms with E-state index in [0.29, 0.717) is 10.8 Å². The molecule has 0 atom stereocenters. The van der Waals surface area contributed by atoms with Gasteiger partial charge in [-0.2, -0.15) is 0 Å². The van der Waals surface area contributed by atoms with Gasteiger partial charge in [-0.25, -0.2) is 9.97 Å². The summed E-state index contributed by atoms with van der Waals surface area (Å²) in [5.41, 5.74) is 9.18. The lowest BCUT2D eigenvalue weighted by atomic mass is 9.92. The zero-order valence-corrected chi connectivity index (χ0v) is 20.8. The molecule has 0 spiro atoms. The maximum absolute atomic E-state index is 6.59. The summed E-state index contributed by atoms with van der Waals surface area (Å²) >= 11 is 6.59. The van der Waals surface area contributed by atoms with Crippen LogP contribution < -0.4 is 0 Å². The number of benzene rings is 5. The molecular weight excluding hydrogens is 472 g/mol. The zero-order chi connectivity index (χ0) is 25.0. The fraction of sp³-hybridized carbons (Fsp3) is 0. The third-order valence-electron chi connectivity index (χ3n) is 6.39. The van der Waals surface area contributed by atoms with E-state index in [-0.39, 0.29) is 0 Å². The standard InChI is InChI=1S/C34H23ClN2/c35-31-19-11-10-18-29(31)33-23-32(36-34(37-33)26-16-8-3-9-17-26)27-20-21-28(24-12-4-1-5-13-24)30(22-27)25-14-6-2-7-15-25/h1-23H. The highest BCUT2D eigenvalue weighted by atomic mass is 35.5. The number of hydrogen-bond acceptors (Lipinski definition) is 2. The lowest BCUT2D eigenvalue weighted by Gasteiger charge is -2.14. The van der Waals surface area contributed by atoms with Gasteiger partial charge in [-0.3, -0.25) is 0 Å². The summed E-state index contributed by atoms with van der Waals surface area (Å²) in [4.78, 5) is 9.92. The van der Waals surface area contributed by atoms with Gasteiger partial charge >= 0.3 is 0 Å². The summed E-state index contributed by atoms with van der Waals surface area (Å²) in [5, 5.41) is 0.663. The highest BCUT2D eigenvalue weighted by molar-refractivity contribution is 6.33. The van der Waals surface area contributed by atoms with Gasteiger partial charge in [0.2, 0.25) is 0 Å². The molecule has 3 heteroatoms. The zero-order valence-electron chi connectivity index (χ0n) is 20.1. The van der Waals surface area contributed by atoms with Gasteiger partial charge in [0, 0.05) is 21.7 Å². The van der Waals surface area contributed by atoms with Gasteiger partial charge in [0.1, 0.15) is 0 Å². The van der Waals surface area contributed by atoms with E-state index in [2.05, 4.69) is 66.7 Å². The van der Waals surface area contributed by atoms with Crippen molar-refractivity contribution >= 4 is 11.6 Å². The molecule has 6 aromatic rings. The minimum Gasteiger partial charge on any atom is -0.228 e. The van der Waals surface area contributed by atoms with E-state index in [1.54, 1.807) is 0 Å². The molecule has 0 aliphatic heterocycles. The lowest BCUT2D eigenvalue weighted by molar-refractivity contribution is 1.18. The summed E-state index contributed by atoms with van der Waals surface area (Å²) < 4.78 is 0. The average molecular weight is 495 g/mol. The molecule has 0 aliphatic carbocycles. The molecule has 0 fully saturated rings. The Morgan fingerprint density at radius 3 is 1.57 bits per heavy atom. The predicted molar refractivity (Wildman–Crippen MR) is 154 cm³/mol. The molecule has 1 aromatic heterocycles. The second-order valence-electron chi connectivity index (χ2n) is 8.80. The van der Waals surface area contributed by atoms with Crippen molar-refractivity contribution in [2.75, 3.05) is 0 Å². The molecule has 0 saturated carbocycles. The summed E-state index contributed by atoms with van der Waals surface area (Å²) in [5.74, 6) is 0.668. The van der Waals surface area contributed by atoms with Crippen molar-refractivity contribution < 1.29 is 0 Å². The molecule has 0 N–H and O–H groups in total. The van der Waals surface area contributed by atoms with E-state index in [1.165, 1.54) is 11.1 Å². The van der Waals surface area contributed by atoms with Gasteiger partial charge in [-0.1, -0.05) is 133 Å². The van der Waals surface area contributed by atoms with Crippen molar-refractivity contribution in [2.24, 2.45) is 0 Å². The first kappa shape index (κ1) is 22.9. The number of aromatic nitrogens is 2. The molecule has 0 bridgehead atoms. The minimum atomic E-state index is 0.663. The van der Waals surface area contributed by atoms with E-state index < -0.39 is 0 Å². The molecule has 6 rings (SSSR count). The maximum Gasteiger partial charge on any atom is 0.160 e. The first-order valence-corrected chi connectivity index (χ1v) is 12.6. The van der Waals surface area contributed by atoms with Crippen LogP contribution in [0.15, 0.2) is 140 Å². The third kappa shape index (κ3) is 4.80. The van der Waals surface area contributed by atoms with E-state index in [0.717, 1.165) is 39.2 Å². The van der Waals surface area contributed by atoms with Crippen molar-refractivity contribution in [3.8, 4) is 56.2 Å². The molecule has 0 unspecified atom stereocenters. The second-order valence-corrected chi connectivity index (χ2v) is 9.21. The van der Waals surface area contributed by atoms with Crippen molar-refractivity contribution in [3.63, 3.8) is 0 Å². The predicted octanol–water partition coefficient (Wildman–Crippen LogP) is 9.46. The van der Waals surface area contributed by atoms with Crippen molar-refractivity contribution in [3.05, 3.63) is 145 Å². The average Bonchev–Trinajstić information content (AvgIpc) is 2.98. The van der Waals surface area contributed by atoms with Gasteiger partial charge in [-0.05, 0) is 40.5 Å². The Hall–Kier alpha value is -4.53. The minimum absolute atomic E-state index is 0.663. The fourth-order valence-electron chi connectivity index (χ4n) is 4.55. The topological polar surface area (TPSA) is 25.8 Å². The number of rotatable bonds is 5. The van der Waals surface area contributed by atoms with Crippen molar-refractivity contribution in [1.29, 1.82) is 0 Å². The largest absolute Gasteiger partial charge is 0.228 e. The molecule has 1 heterocycles. The molecule has 0 saturated heterocycles. The maximum atomic E-state index is 6.59. The molecule has 176 valence electrons. The van der Waals surface area contributed by atoms with Crippen molar-refractivity contribution in [2.45, 2.75) is 0 Å². The Morgan fingerprint density at radius 1 is 0.378 bits per heavy atom. The first-order valence-electron chi connectivity index (χ1n) is 12.2. The quantitative estimate of drug-likeness (QED) is 0.238. The highest BCUT2D eigenvalue weighted by Gasteiger charge is 2.15. The number of hydrogen-bond donors (Lipinski definition) is 0. The Bertz CT molecular complexity index is 1660. The molecule has 0 radical (unpaired) electrons. The third-order valence-corrected chi connectivity index (χ3v) is 6.72. The summed E-state index contributed by atoms with van der Waals surface area (Å²) in [6.45, 7) is 0. The van der Waals surface area contributed by atoms with Crippen LogP contribution in [0.4, 0.5) is 0 Å². The van der Waals surface area contributed by atoms with E-state index in [1.807, 2.05) is 72.8 Å². The number of halogens is 1. The lowest BCUT2D eigenvalue weighted by Crippen LogP contribution is -1.97. The summed E-state index contributed by atoms with van der Waals surface area (Å²) in [6, 6.07) is 47.4. The molecule has 5 aromatic carbocycles. The highest BCUT2D eigenvalue weighted by Crippen LogP contribution is 2.37. The van der Waals surface area contributed by atoms with Crippen LogP contribution in [-0.4, -0.2) is 9.97 Å². The van der Waals surface area contributed by atoms with Gasteiger partial charge < -0.3 is 0 Å². The molecular formula is C34H23ClN2. The monoisotopic (exact) mass is 494 g/mol. The first-order chi connectivity index (χ1) is 18.3. The van der Waals surface area contributed by atoms with Gasteiger partial charge in [0.15, 0.2) is 5.82 Å². The van der Waals surface area contributed by atoms with Crippen LogP contribution in [-0.2, 0) is 0 Å². The van der Waals surface area contributed by atoms with Crippen LogP contribution in [0.5, 0.6) is 0 Å². The van der Waals surface area contributed by atoms with Crippen LogP contribution in [0.3, 0.4) is 0 Å². The van der Waals surface area contributed by atoms with Crippen molar-refractivity contribution in [1.82, 2.24) is 9.97 Å². The molecule has 0 aliphatic rings. The number of nitrogens with zero attached hydrogens (tertiary/aromatic N) is 2. The van der Waals surface area contributed by atoms with Crippen LogP contribution >= 0.6 is 11.6 Å². The van der Waals surface area contributed by atoms with Gasteiger partial charge in [0.25, 0.3) is 0 Å². The van der Waals surface area contributed by atoms with E-state index in [9.17, 15) is 0 Å². The van der Waals surface area contributed by atoms with Crippen LogP contribution in [0.1, 0.15) is 0 Å². The van der Waals surface area contributed by atoms with E-state index in [4.69, 9.17) is 21.6 Å². The van der Waals surface area contributed by atoms with E-state index >= 15 is 0 Å². The SMILES string of the molecule is Clc1ccccc1-c1cc(-c2ccc(-c3ccccc3)c(-c3ccccc3)c2)nc(-c2ccccc2)n1. The normalized spacial score (nSPS) is 10.8. The Balaban J connectivity index is 1.57. The van der Waals surface area contributed by atoms with Crippen LogP contribution in [0.25, 0.3) is 56.2 Å². The molecule has 0 amide bonds. The van der Waals surface area contributed by atoms with Gasteiger partial charge in [0.05, 0.1) is 11.4 Å². The van der Waals surface area contributed by atoms with Gasteiger partial charge in [-0.15, -0.1) is 0 Å². The Labute approximate surface area is 221 Å². The van der Waals surface area contributed by atoms with Crippen LogP contribution in [0.2, 0.25) is 5.02 Å². The van der Waals surface area contributed by atoms with Crippen LogP contribution in [0, 0.1) is 0 Å². The Kier molecular flexibility index (Phi) is 6.33. The Morgan fingerprint density at radius 2 is 0.919 bits per heavy atom. The fourth-order valence-corrected chi connectivity index (χ4v) is 4.78. The summed E-state index contributed by atoms with van der Waals surface area (Å²) in [6.07, 6.45) is 0. The smallest absolute Gasteiger partial charge is 0.160 e. The summed E-state index contributed by atoms with van der Waals surface area (Å²) in [7, 11) is 0. The molecule has 2 nitrogen and oxygen atoms in total. The molecule has 37 heavy (non-hydrogen) atoms. The second kappa shape index (κ2) is 10.2.